The van der Waals surface area contributed by atoms with Crippen LogP contribution in [0.15, 0.2) is 73.5 Å². The van der Waals surface area contributed by atoms with Crippen LogP contribution in [0.1, 0.15) is 17.4 Å². The molecular weight excluding hydrogens is 464 g/mol. The summed E-state index contributed by atoms with van der Waals surface area (Å²) in [5.41, 5.74) is 1.54. The quantitative estimate of drug-likeness (QED) is 0.328. The maximum absolute atomic E-state index is 12.4. The van der Waals surface area contributed by atoms with Gasteiger partial charge in [0.2, 0.25) is 15.7 Å². The minimum Gasteiger partial charge on any atom is -0.386 e. The van der Waals surface area contributed by atoms with Crippen molar-refractivity contribution in [1.29, 1.82) is 0 Å². The molecule has 0 saturated carbocycles. The van der Waals surface area contributed by atoms with E-state index in [-0.39, 0.29) is 29.2 Å². The van der Waals surface area contributed by atoms with Crippen LogP contribution in [0, 0.1) is 6.92 Å². The highest BCUT2D eigenvalue weighted by molar-refractivity contribution is 7.90. The van der Waals surface area contributed by atoms with Gasteiger partial charge < -0.3 is 8.94 Å². The second-order valence-electron chi connectivity index (χ2n) is 7.12. The number of sulfone groups is 1. The molecule has 0 saturated heterocycles. The molecule has 0 fully saturated rings. The van der Waals surface area contributed by atoms with Crippen molar-refractivity contribution in [3.63, 3.8) is 0 Å². The molecule has 0 aliphatic heterocycles. The highest BCUT2D eigenvalue weighted by atomic mass is 32.2. The van der Waals surface area contributed by atoms with Crippen LogP contribution < -0.4 is 5.76 Å². The molecule has 0 atom stereocenters. The SMILES string of the molecule is Cc1nn(-c2ccccc2)nc1-c1nn(Cc2nc(CS(=O)(=O)c3ccccn3)no2)c(=O)o1. The summed E-state index contributed by atoms with van der Waals surface area (Å²) >= 11 is 0. The molecule has 0 spiro atoms. The van der Waals surface area contributed by atoms with Crippen LogP contribution in [-0.2, 0) is 22.1 Å². The second-order valence-corrected chi connectivity index (χ2v) is 9.06. The van der Waals surface area contributed by atoms with E-state index in [1.807, 2.05) is 30.3 Å². The molecule has 0 amide bonds. The average Bonchev–Trinajstić information content (AvgIpc) is 3.54. The van der Waals surface area contributed by atoms with Crippen molar-refractivity contribution >= 4 is 9.84 Å². The predicted octanol–water partition coefficient (Wildman–Crippen LogP) is 1.19. The Hall–Kier alpha value is -4.46. The van der Waals surface area contributed by atoms with Gasteiger partial charge in [0.15, 0.2) is 16.5 Å². The molecule has 13 nitrogen and oxygen atoms in total. The van der Waals surface area contributed by atoms with E-state index >= 15 is 0 Å². The molecule has 4 aromatic heterocycles. The van der Waals surface area contributed by atoms with E-state index in [4.69, 9.17) is 8.94 Å². The first kappa shape index (κ1) is 21.4. The van der Waals surface area contributed by atoms with Crippen molar-refractivity contribution in [2.24, 2.45) is 0 Å². The standard InChI is InChI=1S/C20H16N8O5S/c1-13-18(24-28(23-13)14-7-3-2-4-8-14)19-25-27(20(29)32-19)11-16-22-15(26-33-16)12-34(30,31)17-9-5-6-10-21-17/h2-10H,11-12H2,1H3. The monoisotopic (exact) mass is 480 g/mol. The molecule has 5 rings (SSSR count). The van der Waals surface area contributed by atoms with Crippen LogP contribution in [0.2, 0.25) is 0 Å². The van der Waals surface area contributed by atoms with Crippen molar-refractivity contribution in [3.05, 3.63) is 82.7 Å². The first-order valence-electron chi connectivity index (χ1n) is 9.92. The van der Waals surface area contributed by atoms with E-state index in [2.05, 4.69) is 30.4 Å². The fraction of sp³-hybridized carbons (Fsp3) is 0.150. The Labute approximate surface area is 191 Å². The number of aromatic nitrogens is 8. The first-order valence-corrected chi connectivity index (χ1v) is 11.6. The second kappa shape index (κ2) is 8.47. The van der Waals surface area contributed by atoms with E-state index < -0.39 is 21.3 Å². The lowest BCUT2D eigenvalue weighted by atomic mass is 10.3. The summed E-state index contributed by atoms with van der Waals surface area (Å²) in [7, 11) is -3.75. The maximum Gasteiger partial charge on any atom is 0.437 e. The van der Waals surface area contributed by atoms with Crippen molar-refractivity contribution in [2.75, 3.05) is 0 Å². The summed E-state index contributed by atoms with van der Waals surface area (Å²) in [4.78, 5) is 21.6. The van der Waals surface area contributed by atoms with E-state index in [1.54, 1.807) is 19.1 Å². The summed E-state index contributed by atoms with van der Waals surface area (Å²) in [6, 6.07) is 13.8. The number of hydrogen-bond donors (Lipinski definition) is 0. The van der Waals surface area contributed by atoms with Crippen molar-refractivity contribution in [3.8, 4) is 17.3 Å². The van der Waals surface area contributed by atoms with Gasteiger partial charge in [-0.1, -0.05) is 29.4 Å². The molecule has 34 heavy (non-hydrogen) atoms. The number of nitrogens with zero attached hydrogens (tertiary/aromatic N) is 8. The van der Waals surface area contributed by atoms with E-state index in [9.17, 15) is 13.2 Å². The van der Waals surface area contributed by atoms with Gasteiger partial charge in [-0.25, -0.2) is 18.2 Å². The summed E-state index contributed by atoms with van der Waals surface area (Å²) in [5, 5.41) is 16.4. The van der Waals surface area contributed by atoms with Gasteiger partial charge in [0, 0.05) is 6.20 Å². The van der Waals surface area contributed by atoms with E-state index in [0.29, 0.717) is 11.4 Å². The molecule has 0 aliphatic carbocycles. The van der Waals surface area contributed by atoms with Gasteiger partial charge in [-0.05, 0) is 31.2 Å². The Balaban J connectivity index is 1.35. The van der Waals surface area contributed by atoms with Crippen LogP contribution in [0.4, 0.5) is 0 Å². The lowest BCUT2D eigenvalue weighted by molar-refractivity contribution is 0.356. The number of pyridine rings is 1. The van der Waals surface area contributed by atoms with Gasteiger partial charge in [-0.3, -0.25) is 0 Å². The Morgan fingerprint density at radius 2 is 1.79 bits per heavy atom. The third-order valence-corrected chi connectivity index (χ3v) is 6.17. The van der Waals surface area contributed by atoms with E-state index in [1.165, 1.54) is 17.1 Å². The van der Waals surface area contributed by atoms with Gasteiger partial charge in [0.1, 0.15) is 12.3 Å². The number of para-hydroxylation sites is 1. The van der Waals surface area contributed by atoms with Gasteiger partial charge >= 0.3 is 5.76 Å². The summed E-state index contributed by atoms with van der Waals surface area (Å²) in [6.45, 7) is 1.50. The van der Waals surface area contributed by atoms with Crippen LogP contribution in [0.25, 0.3) is 17.3 Å². The normalized spacial score (nSPS) is 11.7. The molecule has 0 unspecified atom stereocenters. The molecule has 0 aliphatic rings. The average molecular weight is 480 g/mol. The van der Waals surface area contributed by atoms with Gasteiger partial charge in [-0.15, -0.1) is 10.2 Å². The topological polar surface area (TPSA) is 165 Å². The Kier molecular flexibility index (Phi) is 5.33. The molecule has 0 bridgehead atoms. The zero-order chi connectivity index (χ0) is 23.7. The summed E-state index contributed by atoms with van der Waals surface area (Å²) in [6.07, 6.45) is 1.38. The zero-order valence-electron chi connectivity index (χ0n) is 17.6. The predicted molar refractivity (Wildman–Crippen MR) is 114 cm³/mol. The minimum absolute atomic E-state index is 0.0159. The fourth-order valence-electron chi connectivity index (χ4n) is 3.07. The molecule has 172 valence electrons. The number of benzene rings is 1. The van der Waals surface area contributed by atoms with Crippen LogP contribution in [0.3, 0.4) is 0 Å². The van der Waals surface area contributed by atoms with Crippen molar-refractivity contribution < 1.29 is 17.4 Å². The van der Waals surface area contributed by atoms with Gasteiger partial charge in [-0.2, -0.15) is 19.6 Å². The number of hydrogen-bond acceptors (Lipinski definition) is 11. The van der Waals surface area contributed by atoms with Crippen molar-refractivity contribution in [1.82, 2.24) is 39.9 Å². The molecular formula is C20H16N8O5S. The first-order chi connectivity index (χ1) is 16.4. The van der Waals surface area contributed by atoms with Gasteiger partial charge in [0.25, 0.3) is 5.89 Å². The highest BCUT2D eigenvalue weighted by Crippen LogP contribution is 2.18. The van der Waals surface area contributed by atoms with E-state index in [0.717, 1.165) is 10.4 Å². The lowest BCUT2D eigenvalue weighted by Crippen LogP contribution is -2.16. The summed E-state index contributed by atoms with van der Waals surface area (Å²) in [5.74, 6) is -1.39. The lowest BCUT2D eigenvalue weighted by Gasteiger charge is -1.99. The minimum atomic E-state index is -3.75. The highest BCUT2D eigenvalue weighted by Gasteiger charge is 2.22. The molecule has 4 heterocycles. The van der Waals surface area contributed by atoms with Crippen LogP contribution >= 0.6 is 0 Å². The fourth-order valence-corrected chi connectivity index (χ4v) is 4.18. The number of rotatable bonds is 7. The molecule has 1 aromatic carbocycles. The number of aryl methyl sites for hydroxylation is 1. The molecule has 5 aromatic rings. The smallest absolute Gasteiger partial charge is 0.386 e. The zero-order valence-corrected chi connectivity index (χ0v) is 18.5. The maximum atomic E-state index is 12.4. The Bertz CT molecular complexity index is 1600. The van der Waals surface area contributed by atoms with Crippen LogP contribution in [0.5, 0.6) is 0 Å². The van der Waals surface area contributed by atoms with Gasteiger partial charge in [0.05, 0.1) is 11.4 Å². The Morgan fingerprint density at radius 1 is 1.00 bits per heavy atom. The third kappa shape index (κ3) is 4.25. The van der Waals surface area contributed by atoms with Crippen molar-refractivity contribution in [2.45, 2.75) is 24.2 Å². The molecule has 0 radical (unpaired) electrons. The largest absolute Gasteiger partial charge is 0.437 e. The van der Waals surface area contributed by atoms with Crippen LogP contribution in [-0.4, -0.2) is 48.3 Å². The summed E-state index contributed by atoms with van der Waals surface area (Å²) < 4.78 is 36.2. The third-order valence-electron chi connectivity index (χ3n) is 4.65. The molecule has 14 heteroatoms. The Morgan fingerprint density at radius 3 is 2.56 bits per heavy atom. The molecule has 0 N–H and O–H groups in total.